The minimum atomic E-state index is -1.03. The molecular weight excluding hydrogens is 322 g/mol. The summed E-state index contributed by atoms with van der Waals surface area (Å²) in [6.07, 6.45) is -1.03. The van der Waals surface area contributed by atoms with Crippen molar-refractivity contribution in [2.24, 2.45) is 5.73 Å². The van der Waals surface area contributed by atoms with Crippen molar-refractivity contribution in [1.29, 1.82) is 5.26 Å². The third kappa shape index (κ3) is 4.65. The van der Waals surface area contributed by atoms with E-state index in [1.165, 1.54) is 55.5 Å². The number of amides is 2. The zero-order chi connectivity index (χ0) is 18.4. The van der Waals surface area contributed by atoms with E-state index in [-0.39, 0.29) is 5.56 Å². The summed E-state index contributed by atoms with van der Waals surface area (Å²) in [5.74, 6) is -1.76. The predicted molar refractivity (Wildman–Crippen MR) is 89.6 cm³/mol. The average molecular weight is 337 g/mol. The summed E-state index contributed by atoms with van der Waals surface area (Å²) >= 11 is 0. The molecule has 25 heavy (non-hydrogen) atoms. The Morgan fingerprint density at radius 1 is 1.04 bits per heavy atom. The van der Waals surface area contributed by atoms with Gasteiger partial charge in [0.1, 0.15) is 0 Å². The first-order valence-corrected chi connectivity index (χ1v) is 7.32. The van der Waals surface area contributed by atoms with E-state index >= 15 is 0 Å². The molecule has 3 N–H and O–H groups in total. The van der Waals surface area contributed by atoms with Crippen LogP contribution < -0.4 is 11.1 Å². The Labute approximate surface area is 144 Å². The number of nitrogens with two attached hydrogens (primary N) is 1. The largest absolute Gasteiger partial charge is 0.449 e. The second kappa shape index (κ2) is 7.75. The molecule has 2 aromatic rings. The molecule has 0 bridgehead atoms. The number of carbonyl (C=O) groups is 3. The van der Waals surface area contributed by atoms with Gasteiger partial charge in [0, 0.05) is 11.3 Å². The number of ether oxygens (including phenoxy) is 1. The van der Waals surface area contributed by atoms with E-state index in [0.717, 1.165) is 0 Å². The minimum absolute atomic E-state index is 0.240. The van der Waals surface area contributed by atoms with E-state index in [2.05, 4.69) is 5.32 Å². The Bertz CT molecular complexity index is 836. The molecule has 0 aliphatic heterocycles. The molecule has 7 nitrogen and oxygen atoms in total. The van der Waals surface area contributed by atoms with E-state index in [1.54, 1.807) is 0 Å². The number of esters is 1. The maximum absolute atomic E-state index is 12.1. The predicted octanol–water partition coefficient (Wildman–Crippen LogP) is 1.84. The number of nitrogens with zero attached hydrogens (tertiary/aromatic N) is 1. The van der Waals surface area contributed by atoms with Gasteiger partial charge in [-0.15, -0.1) is 0 Å². The number of hydrogen-bond acceptors (Lipinski definition) is 5. The maximum atomic E-state index is 12.1. The van der Waals surface area contributed by atoms with Crippen LogP contribution >= 0.6 is 0 Å². The molecule has 1 atom stereocenters. The summed E-state index contributed by atoms with van der Waals surface area (Å²) in [4.78, 5) is 35.1. The van der Waals surface area contributed by atoms with Crippen molar-refractivity contribution < 1.29 is 19.1 Å². The summed E-state index contributed by atoms with van der Waals surface area (Å²) in [5, 5.41) is 11.3. The molecule has 2 amide bonds. The smallest absolute Gasteiger partial charge is 0.338 e. The lowest BCUT2D eigenvalue weighted by atomic mass is 10.1. The van der Waals surface area contributed by atoms with Crippen LogP contribution in [0.5, 0.6) is 0 Å². The number of benzene rings is 2. The monoisotopic (exact) mass is 337 g/mol. The lowest BCUT2D eigenvalue weighted by Crippen LogP contribution is -2.30. The molecule has 0 spiro atoms. The first-order chi connectivity index (χ1) is 11.9. The number of carbonyl (C=O) groups excluding carboxylic acids is 3. The van der Waals surface area contributed by atoms with Crippen molar-refractivity contribution >= 4 is 23.5 Å². The van der Waals surface area contributed by atoms with Crippen molar-refractivity contribution in [2.75, 3.05) is 5.32 Å². The Kier molecular flexibility index (Phi) is 5.48. The van der Waals surface area contributed by atoms with Gasteiger partial charge in [-0.25, -0.2) is 4.79 Å². The van der Waals surface area contributed by atoms with Crippen molar-refractivity contribution in [2.45, 2.75) is 13.0 Å². The molecule has 0 saturated heterocycles. The van der Waals surface area contributed by atoms with E-state index in [9.17, 15) is 14.4 Å². The van der Waals surface area contributed by atoms with Crippen LogP contribution in [0.2, 0.25) is 0 Å². The highest BCUT2D eigenvalue weighted by Crippen LogP contribution is 2.11. The Morgan fingerprint density at radius 3 is 2.12 bits per heavy atom. The molecular formula is C18H15N3O4. The number of hydrogen-bond donors (Lipinski definition) is 2. The number of anilines is 1. The first-order valence-electron chi connectivity index (χ1n) is 7.32. The van der Waals surface area contributed by atoms with Crippen LogP contribution in [0.1, 0.15) is 33.2 Å². The third-order valence-electron chi connectivity index (χ3n) is 3.34. The van der Waals surface area contributed by atoms with Crippen LogP contribution in [0.15, 0.2) is 48.5 Å². The van der Waals surface area contributed by atoms with Crippen LogP contribution in [-0.2, 0) is 9.53 Å². The third-order valence-corrected chi connectivity index (χ3v) is 3.34. The van der Waals surface area contributed by atoms with E-state index in [1.807, 2.05) is 6.07 Å². The number of primary amides is 1. The molecule has 126 valence electrons. The van der Waals surface area contributed by atoms with E-state index < -0.39 is 23.9 Å². The van der Waals surface area contributed by atoms with Crippen LogP contribution in [0.25, 0.3) is 0 Å². The Balaban J connectivity index is 1.96. The van der Waals surface area contributed by atoms with Gasteiger partial charge in [-0.05, 0) is 55.5 Å². The Hall–Kier alpha value is -3.66. The zero-order valence-electron chi connectivity index (χ0n) is 13.4. The molecule has 2 aromatic carbocycles. The van der Waals surface area contributed by atoms with Crippen molar-refractivity contribution in [3.8, 4) is 6.07 Å². The molecule has 0 fully saturated rings. The number of rotatable bonds is 5. The highest BCUT2D eigenvalue weighted by atomic mass is 16.5. The van der Waals surface area contributed by atoms with Gasteiger partial charge in [-0.2, -0.15) is 5.26 Å². The van der Waals surface area contributed by atoms with Gasteiger partial charge in [-0.1, -0.05) is 0 Å². The maximum Gasteiger partial charge on any atom is 0.338 e. The quantitative estimate of drug-likeness (QED) is 0.806. The summed E-state index contributed by atoms with van der Waals surface area (Å²) in [6, 6.07) is 13.8. The van der Waals surface area contributed by atoms with Crippen molar-refractivity contribution in [1.82, 2.24) is 0 Å². The van der Waals surface area contributed by atoms with Crippen molar-refractivity contribution in [3.05, 3.63) is 65.2 Å². The van der Waals surface area contributed by atoms with Crippen LogP contribution in [0.4, 0.5) is 5.69 Å². The Morgan fingerprint density at radius 2 is 1.60 bits per heavy atom. The highest BCUT2D eigenvalue weighted by molar-refractivity contribution is 5.98. The molecule has 0 aromatic heterocycles. The topological polar surface area (TPSA) is 122 Å². The molecule has 0 unspecified atom stereocenters. The second-order valence-corrected chi connectivity index (χ2v) is 5.17. The average Bonchev–Trinajstić information content (AvgIpc) is 2.62. The van der Waals surface area contributed by atoms with Gasteiger partial charge < -0.3 is 15.8 Å². The second-order valence-electron chi connectivity index (χ2n) is 5.17. The fourth-order valence-electron chi connectivity index (χ4n) is 1.92. The lowest BCUT2D eigenvalue weighted by Gasteiger charge is -2.13. The SMILES string of the molecule is C[C@@H](OC(=O)c1ccc(C#N)cc1)C(=O)Nc1ccc(C(N)=O)cc1. The molecule has 0 heterocycles. The summed E-state index contributed by atoms with van der Waals surface area (Å²) in [6.45, 7) is 1.44. The van der Waals surface area contributed by atoms with Crippen molar-refractivity contribution in [3.63, 3.8) is 0 Å². The van der Waals surface area contributed by atoms with Gasteiger partial charge in [0.05, 0.1) is 17.2 Å². The van der Waals surface area contributed by atoms with Gasteiger partial charge in [0.25, 0.3) is 5.91 Å². The van der Waals surface area contributed by atoms with Crippen LogP contribution in [0, 0.1) is 11.3 Å². The molecule has 2 rings (SSSR count). The van der Waals surface area contributed by atoms with Gasteiger partial charge in [-0.3, -0.25) is 9.59 Å². The number of nitrogens with one attached hydrogen (secondary N) is 1. The normalized spacial score (nSPS) is 11.0. The fraction of sp³-hybridized carbons (Fsp3) is 0.111. The standard InChI is InChI=1S/C18H15N3O4/c1-11(25-18(24)14-4-2-12(10-19)3-5-14)17(23)21-15-8-6-13(7-9-15)16(20)22/h2-9,11H,1H3,(H2,20,22)(H,21,23)/t11-/m1/s1. The van der Waals surface area contributed by atoms with Gasteiger partial charge >= 0.3 is 5.97 Å². The minimum Gasteiger partial charge on any atom is -0.449 e. The molecule has 0 aliphatic rings. The van der Waals surface area contributed by atoms with E-state index in [0.29, 0.717) is 16.8 Å². The zero-order valence-corrected chi connectivity index (χ0v) is 13.4. The molecule has 7 heteroatoms. The molecule has 0 radical (unpaired) electrons. The van der Waals surface area contributed by atoms with Crippen LogP contribution in [0.3, 0.4) is 0 Å². The molecule has 0 saturated carbocycles. The number of nitriles is 1. The lowest BCUT2D eigenvalue weighted by molar-refractivity contribution is -0.123. The summed E-state index contributed by atoms with van der Waals surface area (Å²) in [7, 11) is 0. The summed E-state index contributed by atoms with van der Waals surface area (Å²) in [5.41, 5.74) is 6.56. The summed E-state index contributed by atoms with van der Waals surface area (Å²) < 4.78 is 5.10. The van der Waals surface area contributed by atoms with Gasteiger partial charge in [0.15, 0.2) is 6.10 Å². The van der Waals surface area contributed by atoms with Gasteiger partial charge in [0.2, 0.25) is 5.91 Å². The highest BCUT2D eigenvalue weighted by Gasteiger charge is 2.19. The fourth-order valence-corrected chi connectivity index (χ4v) is 1.92. The first kappa shape index (κ1) is 17.7. The van der Waals surface area contributed by atoms with E-state index in [4.69, 9.17) is 15.7 Å². The van der Waals surface area contributed by atoms with Crippen LogP contribution in [-0.4, -0.2) is 23.9 Å². The molecule has 0 aliphatic carbocycles.